The average Bonchev–Trinajstić information content (AvgIpc) is 3.37. The van der Waals surface area contributed by atoms with E-state index >= 15 is 0 Å². The predicted molar refractivity (Wildman–Crippen MR) is 151 cm³/mol. The molecule has 2 aromatic carbocycles. The van der Waals surface area contributed by atoms with E-state index in [1.54, 1.807) is 24.0 Å². The first-order valence-corrected chi connectivity index (χ1v) is 15.2. The van der Waals surface area contributed by atoms with E-state index in [0.717, 1.165) is 43.1 Å². The molecule has 208 valence electrons. The summed E-state index contributed by atoms with van der Waals surface area (Å²) in [5.74, 6) is 0.0704. The second-order valence-corrected chi connectivity index (χ2v) is 12.2. The van der Waals surface area contributed by atoms with Crippen LogP contribution in [0.4, 0.5) is 5.69 Å². The van der Waals surface area contributed by atoms with Gasteiger partial charge in [-0.15, -0.1) is 0 Å². The number of anilines is 1. The first-order chi connectivity index (χ1) is 18.0. The van der Waals surface area contributed by atoms with Gasteiger partial charge in [-0.1, -0.05) is 54.3 Å². The van der Waals surface area contributed by atoms with Crippen LogP contribution in [0.1, 0.15) is 56.6 Å². The molecular formula is C28H38ClN3O5S. The molecule has 0 spiro atoms. The molecule has 0 radical (unpaired) electrons. The topological polar surface area (TPSA) is 96.0 Å². The second-order valence-electron chi connectivity index (χ2n) is 9.93. The summed E-state index contributed by atoms with van der Waals surface area (Å²) in [5, 5.41) is 3.39. The Morgan fingerprint density at radius 1 is 1.16 bits per heavy atom. The van der Waals surface area contributed by atoms with Gasteiger partial charge in [0.1, 0.15) is 11.8 Å². The summed E-state index contributed by atoms with van der Waals surface area (Å²) in [6, 6.07) is 12.1. The molecule has 0 heterocycles. The molecule has 8 nitrogen and oxygen atoms in total. The van der Waals surface area contributed by atoms with Crippen molar-refractivity contribution in [1.29, 1.82) is 0 Å². The lowest BCUT2D eigenvalue weighted by Crippen LogP contribution is -2.49. The fourth-order valence-corrected chi connectivity index (χ4v) is 6.01. The zero-order valence-corrected chi connectivity index (χ0v) is 24.1. The Hall–Kier alpha value is -2.78. The third-order valence-electron chi connectivity index (χ3n) is 6.88. The van der Waals surface area contributed by atoms with E-state index in [-0.39, 0.29) is 37.2 Å². The third kappa shape index (κ3) is 8.11. The van der Waals surface area contributed by atoms with Crippen LogP contribution in [-0.2, 0) is 26.2 Å². The molecule has 1 N–H and O–H groups in total. The molecule has 38 heavy (non-hydrogen) atoms. The Morgan fingerprint density at radius 2 is 1.87 bits per heavy atom. The molecule has 1 saturated carbocycles. The van der Waals surface area contributed by atoms with Gasteiger partial charge < -0.3 is 15.0 Å². The summed E-state index contributed by atoms with van der Waals surface area (Å²) < 4.78 is 31.5. The second kappa shape index (κ2) is 13.3. The number of benzene rings is 2. The van der Waals surface area contributed by atoms with Crippen molar-refractivity contribution in [2.24, 2.45) is 0 Å². The molecule has 0 bridgehead atoms. The Kier molecular flexibility index (Phi) is 10.4. The summed E-state index contributed by atoms with van der Waals surface area (Å²) >= 11 is 6.22. The van der Waals surface area contributed by atoms with Crippen molar-refractivity contribution in [3.63, 3.8) is 0 Å². The highest BCUT2D eigenvalue weighted by molar-refractivity contribution is 7.92. The van der Waals surface area contributed by atoms with Gasteiger partial charge in [0.15, 0.2) is 0 Å². The molecule has 3 rings (SSSR count). The summed E-state index contributed by atoms with van der Waals surface area (Å²) in [7, 11) is -2.14. The number of carbonyl (C=O) groups excluding carboxylic acids is 2. The number of ether oxygens (including phenoxy) is 1. The van der Waals surface area contributed by atoms with Crippen molar-refractivity contribution in [1.82, 2.24) is 10.2 Å². The number of halogens is 1. The summed E-state index contributed by atoms with van der Waals surface area (Å²) in [5.41, 5.74) is 2.40. The highest BCUT2D eigenvalue weighted by atomic mass is 35.5. The van der Waals surface area contributed by atoms with Crippen molar-refractivity contribution in [2.45, 2.75) is 71.0 Å². The molecule has 1 unspecified atom stereocenters. The largest absolute Gasteiger partial charge is 0.495 e. The first kappa shape index (κ1) is 29.8. The van der Waals surface area contributed by atoms with Gasteiger partial charge in [0.25, 0.3) is 0 Å². The Morgan fingerprint density at radius 3 is 2.47 bits per heavy atom. The number of sulfonamides is 1. The average molecular weight is 564 g/mol. The highest BCUT2D eigenvalue weighted by Gasteiger charge is 2.29. The maximum Gasteiger partial charge on any atom is 0.242 e. The standard InChI is InChI=1S/C28H38ClN3O5S/c1-20-9-7-10-22(17-20)19-31(21(2)28(34)30-23-11-5-6-12-23)27(33)13-8-16-32(38(4,35)36)24-14-15-26(37-3)25(29)18-24/h7,9-10,14-15,17-18,21,23H,5-6,8,11-13,16,19H2,1-4H3,(H,30,34). The van der Waals surface area contributed by atoms with Crippen molar-refractivity contribution in [3.05, 3.63) is 58.6 Å². The minimum absolute atomic E-state index is 0.0861. The van der Waals surface area contributed by atoms with Crippen molar-refractivity contribution < 1.29 is 22.7 Å². The normalized spacial score (nSPS) is 14.7. The van der Waals surface area contributed by atoms with Gasteiger partial charge in [0.2, 0.25) is 21.8 Å². The minimum atomic E-state index is -3.62. The third-order valence-corrected chi connectivity index (χ3v) is 8.37. The lowest BCUT2D eigenvalue weighted by atomic mass is 10.1. The number of hydrogen-bond acceptors (Lipinski definition) is 5. The lowest BCUT2D eigenvalue weighted by Gasteiger charge is -2.30. The number of nitrogens with one attached hydrogen (secondary N) is 1. The van der Waals surface area contributed by atoms with Crippen LogP contribution in [0.2, 0.25) is 5.02 Å². The van der Waals surface area contributed by atoms with Crippen molar-refractivity contribution >= 4 is 39.1 Å². The summed E-state index contributed by atoms with van der Waals surface area (Å²) in [4.78, 5) is 28.1. The quantitative estimate of drug-likeness (QED) is 0.404. The predicted octanol–water partition coefficient (Wildman–Crippen LogP) is 4.68. The molecule has 2 amide bonds. The molecule has 1 aliphatic carbocycles. The Bertz CT molecular complexity index is 1230. The monoisotopic (exact) mass is 563 g/mol. The molecule has 1 aliphatic rings. The SMILES string of the molecule is COc1ccc(N(CCCC(=O)N(Cc2cccc(C)c2)C(C)C(=O)NC2CCCC2)S(C)(=O)=O)cc1Cl. The van der Waals surface area contributed by atoms with E-state index in [0.29, 0.717) is 23.0 Å². The van der Waals surface area contributed by atoms with Crippen molar-refractivity contribution in [3.8, 4) is 5.75 Å². The van der Waals surface area contributed by atoms with E-state index < -0.39 is 16.1 Å². The van der Waals surface area contributed by atoms with Crippen molar-refractivity contribution in [2.75, 3.05) is 24.2 Å². The maximum absolute atomic E-state index is 13.5. The van der Waals surface area contributed by atoms with Crippen LogP contribution in [0.3, 0.4) is 0 Å². The first-order valence-electron chi connectivity index (χ1n) is 13.0. The number of nitrogens with zero attached hydrogens (tertiary/aromatic N) is 2. The fourth-order valence-electron chi connectivity index (χ4n) is 4.80. The molecule has 1 atom stereocenters. The number of rotatable bonds is 12. The van der Waals surface area contributed by atoms with E-state index in [4.69, 9.17) is 16.3 Å². The molecule has 0 aliphatic heterocycles. The van der Waals surface area contributed by atoms with Gasteiger partial charge in [-0.2, -0.15) is 0 Å². The van der Waals surface area contributed by atoms with Gasteiger partial charge in [-0.3, -0.25) is 13.9 Å². The number of amides is 2. The number of aryl methyl sites for hydroxylation is 1. The Balaban J connectivity index is 1.73. The van der Waals surface area contributed by atoms with Gasteiger partial charge in [0.05, 0.1) is 24.1 Å². The molecule has 2 aromatic rings. The van der Waals surface area contributed by atoms with Gasteiger partial charge in [-0.25, -0.2) is 8.42 Å². The van der Waals surface area contributed by atoms with Crippen LogP contribution in [0.15, 0.2) is 42.5 Å². The van der Waals surface area contributed by atoms with Crippen LogP contribution in [0, 0.1) is 6.92 Å². The minimum Gasteiger partial charge on any atom is -0.495 e. The lowest BCUT2D eigenvalue weighted by molar-refractivity contribution is -0.141. The van der Waals surface area contributed by atoms with E-state index in [1.807, 2.05) is 31.2 Å². The highest BCUT2D eigenvalue weighted by Crippen LogP contribution is 2.30. The molecule has 0 aromatic heterocycles. The number of hydrogen-bond donors (Lipinski definition) is 1. The fraction of sp³-hybridized carbons (Fsp3) is 0.500. The number of methoxy groups -OCH3 is 1. The van der Waals surface area contributed by atoms with E-state index in [9.17, 15) is 18.0 Å². The molecule has 0 saturated heterocycles. The van der Waals surface area contributed by atoms with Gasteiger partial charge >= 0.3 is 0 Å². The van der Waals surface area contributed by atoms with Crippen LogP contribution in [-0.4, -0.2) is 57.1 Å². The van der Waals surface area contributed by atoms with E-state index in [2.05, 4.69) is 5.32 Å². The van der Waals surface area contributed by atoms with E-state index in [1.165, 1.54) is 17.5 Å². The summed E-state index contributed by atoms with van der Waals surface area (Å²) in [6.45, 7) is 4.12. The maximum atomic E-state index is 13.5. The van der Waals surface area contributed by atoms with Crippen LogP contribution >= 0.6 is 11.6 Å². The zero-order valence-electron chi connectivity index (χ0n) is 22.6. The molecule has 1 fully saturated rings. The zero-order chi connectivity index (χ0) is 27.9. The van der Waals surface area contributed by atoms with Gasteiger partial charge in [0, 0.05) is 25.6 Å². The molecular weight excluding hydrogens is 526 g/mol. The smallest absolute Gasteiger partial charge is 0.242 e. The molecule has 10 heteroatoms. The number of carbonyl (C=O) groups is 2. The van der Waals surface area contributed by atoms with Crippen LogP contribution < -0.4 is 14.4 Å². The van der Waals surface area contributed by atoms with Crippen LogP contribution in [0.25, 0.3) is 0 Å². The summed E-state index contributed by atoms with van der Waals surface area (Å²) in [6.07, 6.45) is 5.59. The van der Waals surface area contributed by atoms with Crippen LogP contribution in [0.5, 0.6) is 5.75 Å². The Labute approximate surface area is 231 Å². The van der Waals surface area contributed by atoms with Gasteiger partial charge in [-0.05, 0) is 56.9 Å².